The maximum Gasteiger partial charge on any atom is 0.269 e. The second-order valence-corrected chi connectivity index (χ2v) is 12.6. The number of sulfonamides is 1. The molecule has 2 aromatic carbocycles. The first-order chi connectivity index (χ1) is 16.2. The Morgan fingerprint density at radius 2 is 2.00 bits per heavy atom. The third-order valence-corrected chi connectivity index (χ3v) is 8.66. The van der Waals surface area contributed by atoms with Crippen LogP contribution in [0.25, 0.3) is 0 Å². The van der Waals surface area contributed by atoms with Crippen LogP contribution in [0.5, 0.6) is 11.5 Å². The zero-order valence-electron chi connectivity index (χ0n) is 18.4. The number of carbonyl (C=O) groups is 1. The van der Waals surface area contributed by atoms with Gasteiger partial charge < -0.3 is 9.47 Å². The van der Waals surface area contributed by atoms with Crippen molar-refractivity contribution in [2.24, 2.45) is 0 Å². The molecule has 1 aliphatic rings. The smallest absolute Gasteiger partial charge is 0.269 e. The fourth-order valence-electron chi connectivity index (χ4n) is 3.16. The van der Waals surface area contributed by atoms with Gasteiger partial charge >= 0.3 is 0 Å². The standard InChI is InChI=1S/C21H21ClN4O5S3/c1-12(2)32-21-25-24-20(33-21)23-19(27)18-11-26(16-10-13(22)4-9-17(16)31-18)34(28,29)15-7-5-14(30-3)6-8-15/h4-10,12,18H,11H2,1-3H3,(H,23,24,27). The van der Waals surface area contributed by atoms with Gasteiger partial charge in [-0.2, -0.15) is 0 Å². The Morgan fingerprint density at radius 1 is 1.26 bits per heavy atom. The highest BCUT2D eigenvalue weighted by atomic mass is 35.5. The van der Waals surface area contributed by atoms with Crippen molar-refractivity contribution in [3.8, 4) is 11.5 Å². The van der Waals surface area contributed by atoms with E-state index in [9.17, 15) is 13.2 Å². The number of aromatic nitrogens is 2. The lowest BCUT2D eigenvalue weighted by Gasteiger charge is -2.34. The van der Waals surface area contributed by atoms with Crippen molar-refractivity contribution < 1.29 is 22.7 Å². The van der Waals surface area contributed by atoms with Crippen LogP contribution in [0.2, 0.25) is 5.02 Å². The van der Waals surface area contributed by atoms with Crippen LogP contribution in [0.15, 0.2) is 51.7 Å². The number of thioether (sulfide) groups is 1. The lowest BCUT2D eigenvalue weighted by atomic mass is 10.2. The third-order valence-electron chi connectivity index (χ3n) is 4.70. The van der Waals surface area contributed by atoms with Gasteiger partial charge in [-0.25, -0.2) is 8.42 Å². The number of anilines is 2. The third kappa shape index (κ3) is 5.24. The Morgan fingerprint density at radius 3 is 2.68 bits per heavy atom. The Balaban J connectivity index is 1.62. The molecule has 0 aliphatic carbocycles. The molecule has 1 aromatic heterocycles. The van der Waals surface area contributed by atoms with Crippen molar-refractivity contribution in [1.29, 1.82) is 0 Å². The predicted molar refractivity (Wildman–Crippen MR) is 133 cm³/mol. The quantitative estimate of drug-likeness (QED) is 0.349. The van der Waals surface area contributed by atoms with Gasteiger partial charge in [-0.1, -0.05) is 48.5 Å². The van der Waals surface area contributed by atoms with E-state index >= 15 is 0 Å². The Hall–Kier alpha value is -2.54. The molecule has 180 valence electrons. The molecule has 1 amide bonds. The maximum absolute atomic E-state index is 13.5. The van der Waals surface area contributed by atoms with Crippen LogP contribution in [0.1, 0.15) is 13.8 Å². The molecule has 0 radical (unpaired) electrons. The van der Waals surface area contributed by atoms with Crippen LogP contribution in [0.3, 0.4) is 0 Å². The van der Waals surface area contributed by atoms with Crippen LogP contribution in [-0.4, -0.2) is 49.5 Å². The van der Waals surface area contributed by atoms with E-state index in [0.29, 0.717) is 21.2 Å². The number of hydrogen-bond donors (Lipinski definition) is 1. The summed E-state index contributed by atoms with van der Waals surface area (Å²) in [7, 11) is -2.54. The molecular weight excluding hydrogens is 520 g/mol. The number of benzene rings is 2. The summed E-state index contributed by atoms with van der Waals surface area (Å²) in [4.78, 5) is 13.0. The predicted octanol–water partition coefficient (Wildman–Crippen LogP) is 4.30. The highest BCUT2D eigenvalue weighted by Gasteiger charge is 2.38. The van der Waals surface area contributed by atoms with Gasteiger partial charge in [-0.3, -0.25) is 14.4 Å². The van der Waals surface area contributed by atoms with E-state index in [-0.39, 0.29) is 22.9 Å². The molecule has 1 N–H and O–H groups in total. The zero-order chi connectivity index (χ0) is 24.5. The molecule has 9 nitrogen and oxygen atoms in total. The van der Waals surface area contributed by atoms with Crippen molar-refractivity contribution in [2.45, 2.75) is 34.4 Å². The van der Waals surface area contributed by atoms with Gasteiger partial charge in [0.1, 0.15) is 11.5 Å². The molecular formula is C21H21ClN4O5S3. The second kappa shape index (κ2) is 9.98. The van der Waals surface area contributed by atoms with Crippen LogP contribution in [0.4, 0.5) is 10.8 Å². The highest BCUT2D eigenvalue weighted by molar-refractivity contribution is 8.01. The van der Waals surface area contributed by atoms with E-state index in [2.05, 4.69) is 15.5 Å². The lowest BCUT2D eigenvalue weighted by molar-refractivity contribution is -0.122. The van der Waals surface area contributed by atoms with Crippen LogP contribution in [-0.2, 0) is 14.8 Å². The zero-order valence-corrected chi connectivity index (χ0v) is 21.6. The van der Waals surface area contributed by atoms with Gasteiger partial charge in [0, 0.05) is 10.3 Å². The number of ether oxygens (including phenoxy) is 2. The van der Waals surface area contributed by atoms with E-state index in [0.717, 1.165) is 8.64 Å². The Labute approximate surface area is 210 Å². The molecule has 0 fully saturated rings. The molecule has 4 rings (SSSR count). The maximum atomic E-state index is 13.5. The van der Waals surface area contributed by atoms with Crippen LogP contribution >= 0.6 is 34.7 Å². The van der Waals surface area contributed by atoms with Gasteiger partial charge in [0.05, 0.1) is 24.2 Å². The molecule has 1 aliphatic heterocycles. The van der Waals surface area contributed by atoms with Gasteiger partial charge in [0.25, 0.3) is 15.9 Å². The normalized spacial score (nSPS) is 15.6. The number of methoxy groups -OCH3 is 1. The van der Waals surface area contributed by atoms with E-state index in [1.807, 2.05) is 13.8 Å². The number of halogens is 1. The fraction of sp³-hybridized carbons (Fsp3) is 0.286. The number of fused-ring (bicyclic) bond motifs is 1. The first kappa shape index (κ1) is 24.6. The lowest BCUT2D eigenvalue weighted by Crippen LogP contribution is -2.48. The molecule has 3 aromatic rings. The Kier molecular flexibility index (Phi) is 7.22. The SMILES string of the molecule is COc1ccc(S(=O)(=O)N2CC(C(=O)Nc3nnc(SC(C)C)s3)Oc3ccc(Cl)cc32)cc1. The number of nitrogens with one attached hydrogen (secondary N) is 1. The molecule has 0 bridgehead atoms. The molecule has 13 heteroatoms. The largest absolute Gasteiger partial charge is 0.497 e. The summed E-state index contributed by atoms with van der Waals surface area (Å²) in [6.07, 6.45) is -1.12. The molecule has 0 saturated heterocycles. The van der Waals surface area contributed by atoms with Crippen molar-refractivity contribution >= 4 is 61.4 Å². The average Bonchev–Trinajstić information content (AvgIpc) is 3.24. The molecule has 34 heavy (non-hydrogen) atoms. The second-order valence-electron chi connectivity index (χ2n) is 7.46. The van der Waals surface area contributed by atoms with E-state index < -0.39 is 22.0 Å². The van der Waals surface area contributed by atoms with Crippen LogP contribution in [0, 0.1) is 0 Å². The number of carbonyl (C=O) groups excluding carboxylic acids is 1. The van der Waals surface area contributed by atoms with Crippen molar-refractivity contribution in [3.63, 3.8) is 0 Å². The van der Waals surface area contributed by atoms with Crippen molar-refractivity contribution in [3.05, 3.63) is 47.5 Å². The summed E-state index contributed by atoms with van der Waals surface area (Å²) in [5.41, 5.74) is 0.249. The topological polar surface area (TPSA) is 111 Å². The molecule has 2 heterocycles. The van der Waals surface area contributed by atoms with Gasteiger partial charge in [-0.05, 0) is 42.5 Å². The van der Waals surface area contributed by atoms with E-state index in [1.54, 1.807) is 18.2 Å². The average molecular weight is 541 g/mol. The Bertz CT molecular complexity index is 1300. The highest BCUT2D eigenvalue weighted by Crippen LogP contribution is 2.39. The summed E-state index contributed by atoms with van der Waals surface area (Å²) in [5, 5.41) is 11.7. The minimum absolute atomic E-state index is 0.0414. The first-order valence-corrected chi connectivity index (χ1v) is 13.6. The number of rotatable bonds is 7. The summed E-state index contributed by atoms with van der Waals surface area (Å²) < 4.78 is 39.9. The fourth-order valence-corrected chi connectivity index (χ4v) is 6.77. The molecule has 0 saturated carbocycles. The molecule has 0 spiro atoms. The monoisotopic (exact) mass is 540 g/mol. The minimum atomic E-state index is -4.04. The number of amides is 1. The summed E-state index contributed by atoms with van der Waals surface area (Å²) in [5.74, 6) is 0.211. The van der Waals surface area contributed by atoms with Gasteiger partial charge in [0.15, 0.2) is 10.4 Å². The number of hydrogen-bond acceptors (Lipinski definition) is 9. The van der Waals surface area contributed by atoms with Crippen molar-refractivity contribution in [1.82, 2.24) is 10.2 Å². The van der Waals surface area contributed by atoms with Gasteiger partial charge in [-0.15, -0.1) is 10.2 Å². The minimum Gasteiger partial charge on any atom is -0.497 e. The van der Waals surface area contributed by atoms with Gasteiger partial charge in [0.2, 0.25) is 5.13 Å². The summed E-state index contributed by atoms with van der Waals surface area (Å²) in [6, 6.07) is 10.6. The summed E-state index contributed by atoms with van der Waals surface area (Å²) in [6.45, 7) is 3.81. The van der Waals surface area contributed by atoms with Crippen molar-refractivity contribution in [2.75, 3.05) is 23.3 Å². The number of nitrogens with zero attached hydrogens (tertiary/aromatic N) is 3. The van der Waals surface area contributed by atoms with Crippen LogP contribution < -0.4 is 19.1 Å². The van der Waals surface area contributed by atoms with E-state index in [4.69, 9.17) is 21.1 Å². The summed E-state index contributed by atoms with van der Waals surface area (Å²) >= 11 is 8.90. The van der Waals surface area contributed by atoms with E-state index in [1.165, 1.54) is 54.5 Å². The first-order valence-electron chi connectivity index (χ1n) is 10.1. The molecule has 1 unspecified atom stereocenters. The molecule has 1 atom stereocenters.